The number of carbonyl (C=O) groups is 1. The van der Waals surface area contributed by atoms with Crippen LogP contribution in [0.15, 0.2) is 47.8 Å². The number of urea groups is 1. The first kappa shape index (κ1) is 23.3. The zero-order valence-corrected chi connectivity index (χ0v) is 20.6. The van der Waals surface area contributed by atoms with Crippen LogP contribution in [0, 0.1) is 0 Å². The molecule has 2 aliphatic rings. The summed E-state index contributed by atoms with van der Waals surface area (Å²) in [6, 6.07) is 8.31. The molecule has 184 valence electrons. The Morgan fingerprint density at radius 1 is 1.14 bits per heavy atom. The highest BCUT2D eigenvalue weighted by molar-refractivity contribution is 7.90. The third kappa shape index (κ3) is 4.88. The number of benzene rings is 1. The van der Waals surface area contributed by atoms with Gasteiger partial charge in [-0.05, 0) is 81.2 Å². The van der Waals surface area contributed by atoms with E-state index < -0.39 is 16.1 Å². The van der Waals surface area contributed by atoms with E-state index in [-0.39, 0.29) is 17.2 Å². The minimum atomic E-state index is -4.12. The number of anilines is 1. The summed E-state index contributed by atoms with van der Waals surface area (Å²) in [5.41, 5.74) is 4.43. The van der Waals surface area contributed by atoms with E-state index >= 15 is 0 Å². The van der Waals surface area contributed by atoms with Crippen molar-refractivity contribution in [3.05, 3.63) is 53.9 Å². The molecule has 2 aromatic heterocycles. The number of fused-ring (bicyclic) bond motifs is 1. The number of carbonyl (C=O) groups excluding carboxylic acids is 1. The molecule has 2 amide bonds. The van der Waals surface area contributed by atoms with E-state index in [9.17, 15) is 13.2 Å². The van der Waals surface area contributed by atoms with E-state index in [0.29, 0.717) is 11.6 Å². The quantitative estimate of drug-likeness (QED) is 0.500. The van der Waals surface area contributed by atoms with E-state index in [1.54, 1.807) is 12.4 Å². The molecule has 10 heteroatoms. The monoisotopic (exact) mass is 495 g/mol. The Bertz CT molecular complexity index is 1360. The lowest BCUT2D eigenvalue weighted by molar-refractivity contribution is 0.115. The van der Waals surface area contributed by atoms with Gasteiger partial charge in [-0.15, -0.1) is 0 Å². The van der Waals surface area contributed by atoms with Crippen LogP contribution in [0.3, 0.4) is 0 Å². The van der Waals surface area contributed by atoms with Gasteiger partial charge < -0.3 is 10.1 Å². The molecule has 5 rings (SSSR count). The third-order valence-electron chi connectivity index (χ3n) is 6.52. The number of sulfonamides is 1. The van der Waals surface area contributed by atoms with Crippen LogP contribution >= 0.6 is 0 Å². The van der Waals surface area contributed by atoms with Crippen LogP contribution in [0.4, 0.5) is 10.5 Å². The molecule has 0 saturated heterocycles. The summed E-state index contributed by atoms with van der Waals surface area (Å²) in [7, 11) is -4.12. The standard InChI is InChI=1S/C25H29N5O4S/c1-16(2)30-14-12-23(28-30)35(32,33)29-25(31)27-24-20-8-3-5-17(20)9-10-21(24)18-11-13-26-22(15-18)34-19-6-4-7-19/h9-16,19H,3-8H2,1-2H3,(H2,27,29,31). The molecular formula is C25H29N5O4S. The molecule has 1 saturated carbocycles. The van der Waals surface area contributed by atoms with Crippen LogP contribution in [0.2, 0.25) is 0 Å². The summed E-state index contributed by atoms with van der Waals surface area (Å²) < 4.78 is 35.1. The molecule has 0 unspecified atom stereocenters. The Labute approximate surface area is 205 Å². The predicted octanol–water partition coefficient (Wildman–Crippen LogP) is 4.46. The fourth-order valence-electron chi connectivity index (χ4n) is 4.42. The number of hydrogen-bond acceptors (Lipinski definition) is 6. The van der Waals surface area contributed by atoms with E-state index in [2.05, 4.69) is 26.2 Å². The van der Waals surface area contributed by atoms with Crippen LogP contribution < -0.4 is 14.8 Å². The van der Waals surface area contributed by atoms with Crippen LogP contribution in [-0.4, -0.2) is 35.3 Å². The number of amides is 2. The number of aryl methyl sites for hydroxylation is 1. The van der Waals surface area contributed by atoms with Crippen molar-refractivity contribution in [3.63, 3.8) is 0 Å². The molecule has 9 nitrogen and oxygen atoms in total. The number of nitrogens with one attached hydrogen (secondary N) is 2. The van der Waals surface area contributed by atoms with Gasteiger partial charge in [-0.25, -0.2) is 14.5 Å². The highest BCUT2D eigenvalue weighted by atomic mass is 32.2. The summed E-state index contributed by atoms with van der Waals surface area (Å²) in [5, 5.41) is 6.70. The first-order chi connectivity index (χ1) is 16.8. The smallest absolute Gasteiger partial charge is 0.333 e. The second-order valence-corrected chi connectivity index (χ2v) is 10.9. The van der Waals surface area contributed by atoms with Gasteiger partial charge in [0.05, 0.1) is 5.69 Å². The van der Waals surface area contributed by atoms with Crippen molar-refractivity contribution in [2.45, 2.75) is 69.5 Å². The Kier molecular flexibility index (Phi) is 6.22. The van der Waals surface area contributed by atoms with Gasteiger partial charge in [0.25, 0.3) is 10.0 Å². The molecule has 0 atom stereocenters. The lowest BCUT2D eigenvalue weighted by atomic mass is 9.96. The molecule has 3 aromatic rings. The minimum Gasteiger partial charge on any atom is -0.474 e. The Morgan fingerprint density at radius 2 is 1.97 bits per heavy atom. The van der Waals surface area contributed by atoms with Crippen LogP contribution in [-0.2, 0) is 22.9 Å². The summed E-state index contributed by atoms with van der Waals surface area (Å²) in [4.78, 5) is 17.2. The predicted molar refractivity (Wildman–Crippen MR) is 132 cm³/mol. The zero-order chi connectivity index (χ0) is 24.6. The number of aromatic nitrogens is 3. The van der Waals surface area contributed by atoms with Crippen LogP contribution in [0.5, 0.6) is 5.88 Å². The highest BCUT2D eigenvalue weighted by Crippen LogP contribution is 2.38. The average molecular weight is 496 g/mol. The molecule has 1 fully saturated rings. The maximum absolute atomic E-state index is 12.9. The summed E-state index contributed by atoms with van der Waals surface area (Å²) in [6.45, 7) is 3.78. The number of pyridine rings is 1. The first-order valence-electron chi connectivity index (χ1n) is 12.0. The fraction of sp³-hybridized carbons (Fsp3) is 0.400. The van der Waals surface area contributed by atoms with Crippen molar-refractivity contribution < 1.29 is 17.9 Å². The maximum atomic E-state index is 12.9. The summed E-state index contributed by atoms with van der Waals surface area (Å²) >= 11 is 0. The van der Waals surface area contributed by atoms with Gasteiger partial charge in [0, 0.05) is 30.1 Å². The molecule has 0 radical (unpaired) electrons. The summed E-state index contributed by atoms with van der Waals surface area (Å²) in [5.74, 6) is 0.548. The minimum absolute atomic E-state index is 0.000709. The van der Waals surface area contributed by atoms with Crippen molar-refractivity contribution in [3.8, 4) is 17.0 Å². The molecule has 2 aliphatic carbocycles. The maximum Gasteiger partial charge on any atom is 0.333 e. The van der Waals surface area contributed by atoms with Crippen molar-refractivity contribution >= 4 is 21.7 Å². The molecule has 35 heavy (non-hydrogen) atoms. The number of rotatable bonds is 7. The molecule has 0 aliphatic heterocycles. The second-order valence-electron chi connectivity index (χ2n) is 9.32. The Balaban J connectivity index is 1.42. The van der Waals surface area contributed by atoms with E-state index in [1.165, 1.54) is 17.2 Å². The van der Waals surface area contributed by atoms with Crippen LogP contribution in [0.1, 0.15) is 56.7 Å². The van der Waals surface area contributed by atoms with Crippen molar-refractivity contribution in [2.24, 2.45) is 0 Å². The normalized spacial score (nSPS) is 15.5. The molecule has 0 bridgehead atoms. The van der Waals surface area contributed by atoms with Gasteiger partial charge in [-0.3, -0.25) is 4.68 Å². The van der Waals surface area contributed by atoms with Gasteiger partial charge in [0.15, 0.2) is 5.03 Å². The van der Waals surface area contributed by atoms with E-state index in [0.717, 1.165) is 54.4 Å². The molecule has 0 spiro atoms. The zero-order valence-electron chi connectivity index (χ0n) is 19.8. The lowest BCUT2D eigenvalue weighted by Crippen LogP contribution is -2.35. The van der Waals surface area contributed by atoms with Gasteiger partial charge >= 0.3 is 6.03 Å². The molecule has 1 aromatic carbocycles. The van der Waals surface area contributed by atoms with Crippen LogP contribution in [0.25, 0.3) is 11.1 Å². The van der Waals surface area contributed by atoms with E-state index in [1.807, 2.05) is 32.0 Å². The Hall–Kier alpha value is -3.40. The first-order valence-corrected chi connectivity index (χ1v) is 13.5. The van der Waals surface area contributed by atoms with E-state index in [4.69, 9.17) is 4.74 Å². The molecular weight excluding hydrogens is 466 g/mol. The number of hydrogen-bond donors (Lipinski definition) is 2. The largest absolute Gasteiger partial charge is 0.474 e. The lowest BCUT2D eigenvalue weighted by Gasteiger charge is -2.26. The number of ether oxygens (including phenoxy) is 1. The van der Waals surface area contributed by atoms with Crippen molar-refractivity contribution in [1.29, 1.82) is 0 Å². The Morgan fingerprint density at radius 3 is 2.69 bits per heavy atom. The SMILES string of the molecule is CC(C)n1ccc(S(=O)(=O)NC(=O)Nc2c(-c3ccnc(OC4CCC4)c3)ccc3c2CCC3)n1. The molecule has 2 heterocycles. The van der Waals surface area contributed by atoms with Crippen molar-refractivity contribution in [1.82, 2.24) is 19.5 Å². The summed E-state index contributed by atoms with van der Waals surface area (Å²) in [6.07, 6.45) is 9.39. The second kappa shape index (κ2) is 9.33. The van der Waals surface area contributed by atoms with Crippen molar-refractivity contribution in [2.75, 3.05) is 5.32 Å². The fourth-order valence-corrected chi connectivity index (χ4v) is 5.26. The topological polar surface area (TPSA) is 115 Å². The third-order valence-corrected chi connectivity index (χ3v) is 7.74. The van der Waals surface area contributed by atoms with Gasteiger partial charge in [0.1, 0.15) is 6.10 Å². The van der Waals surface area contributed by atoms with Gasteiger partial charge in [-0.1, -0.05) is 12.1 Å². The van der Waals surface area contributed by atoms with Gasteiger partial charge in [-0.2, -0.15) is 13.5 Å². The van der Waals surface area contributed by atoms with Gasteiger partial charge in [0.2, 0.25) is 5.88 Å². The average Bonchev–Trinajstić information content (AvgIpc) is 3.47. The number of nitrogens with zero attached hydrogens (tertiary/aromatic N) is 3. The molecule has 2 N–H and O–H groups in total. The highest BCUT2D eigenvalue weighted by Gasteiger charge is 2.25.